The van der Waals surface area contributed by atoms with Gasteiger partial charge in [0.1, 0.15) is 18.2 Å². The van der Waals surface area contributed by atoms with E-state index in [0.717, 1.165) is 11.6 Å². The highest BCUT2D eigenvalue weighted by Crippen LogP contribution is 2.18. The Morgan fingerprint density at radius 3 is 2.53 bits per heavy atom. The number of ether oxygens (including phenoxy) is 1. The van der Waals surface area contributed by atoms with Gasteiger partial charge in [-0.1, -0.05) is 35.9 Å². The van der Waals surface area contributed by atoms with Gasteiger partial charge >= 0.3 is 7.12 Å². The summed E-state index contributed by atoms with van der Waals surface area (Å²) in [6.07, 6.45) is 0. The lowest BCUT2D eigenvalue weighted by Crippen LogP contribution is -2.32. The highest BCUT2D eigenvalue weighted by atomic mass is 35.5. The maximum atomic E-state index is 13.5. The molecule has 0 saturated heterocycles. The lowest BCUT2D eigenvalue weighted by Gasteiger charge is -2.09. The van der Waals surface area contributed by atoms with Crippen LogP contribution >= 0.6 is 11.6 Å². The first kappa shape index (κ1) is 13.9. The number of hydrogen-bond donors (Lipinski definition) is 2. The topological polar surface area (TPSA) is 49.7 Å². The first-order chi connectivity index (χ1) is 9.08. The van der Waals surface area contributed by atoms with E-state index < -0.39 is 12.9 Å². The Bertz CT molecular complexity index is 578. The van der Waals surface area contributed by atoms with Crippen molar-refractivity contribution in [3.05, 3.63) is 58.9 Å². The minimum atomic E-state index is -1.84. The Labute approximate surface area is 115 Å². The van der Waals surface area contributed by atoms with Gasteiger partial charge in [-0.3, -0.25) is 0 Å². The van der Waals surface area contributed by atoms with Gasteiger partial charge in [0.15, 0.2) is 0 Å². The van der Waals surface area contributed by atoms with Gasteiger partial charge in [0.25, 0.3) is 0 Å². The normalized spacial score (nSPS) is 10.3. The molecule has 2 rings (SSSR count). The molecule has 0 aliphatic heterocycles. The molecule has 0 amide bonds. The fourth-order valence-corrected chi connectivity index (χ4v) is 1.77. The first-order valence-corrected chi connectivity index (χ1v) is 5.97. The smallest absolute Gasteiger partial charge is 0.489 e. The molecule has 0 heterocycles. The SMILES string of the molecule is OB(O)c1ccc(OCc2ccccc2Cl)cc1F. The maximum absolute atomic E-state index is 13.5. The Balaban J connectivity index is 2.08. The predicted octanol–water partition coefficient (Wildman–Crippen LogP) is 1.74. The van der Waals surface area contributed by atoms with Crippen molar-refractivity contribution in [1.29, 1.82) is 0 Å². The summed E-state index contributed by atoms with van der Waals surface area (Å²) < 4.78 is 18.9. The Morgan fingerprint density at radius 1 is 1.16 bits per heavy atom. The fourth-order valence-electron chi connectivity index (χ4n) is 1.58. The number of benzene rings is 2. The predicted molar refractivity (Wildman–Crippen MR) is 72.0 cm³/mol. The van der Waals surface area contributed by atoms with Crippen molar-refractivity contribution in [3.63, 3.8) is 0 Å². The van der Waals surface area contributed by atoms with Gasteiger partial charge in [0.05, 0.1) is 0 Å². The third-order valence-electron chi connectivity index (χ3n) is 2.60. The van der Waals surface area contributed by atoms with E-state index in [0.29, 0.717) is 10.8 Å². The first-order valence-electron chi connectivity index (χ1n) is 5.59. The summed E-state index contributed by atoms with van der Waals surface area (Å²) in [5.74, 6) is -0.437. The van der Waals surface area contributed by atoms with Crippen LogP contribution in [0.3, 0.4) is 0 Å². The van der Waals surface area contributed by atoms with E-state index in [1.54, 1.807) is 6.07 Å². The van der Waals surface area contributed by atoms with Crippen molar-refractivity contribution in [2.75, 3.05) is 0 Å². The minimum Gasteiger partial charge on any atom is -0.489 e. The van der Waals surface area contributed by atoms with Crippen molar-refractivity contribution >= 4 is 24.2 Å². The molecule has 0 saturated carbocycles. The molecule has 0 atom stereocenters. The zero-order valence-corrected chi connectivity index (χ0v) is 10.6. The highest BCUT2D eigenvalue weighted by molar-refractivity contribution is 6.58. The Kier molecular flexibility index (Phi) is 4.42. The van der Waals surface area contributed by atoms with Crippen molar-refractivity contribution in [2.24, 2.45) is 0 Å². The molecule has 0 fully saturated rings. The van der Waals surface area contributed by atoms with E-state index in [1.807, 2.05) is 18.2 Å². The molecular weight excluding hydrogens is 269 g/mol. The van der Waals surface area contributed by atoms with E-state index in [-0.39, 0.29) is 12.1 Å². The van der Waals surface area contributed by atoms with Gasteiger partial charge in [0.2, 0.25) is 0 Å². The van der Waals surface area contributed by atoms with Crippen molar-refractivity contribution < 1.29 is 19.2 Å². The zero-order chi connectivity index (χ0) is 13.8. The molecule has 3 nitrogen and oxygen atoms in total. The van der Waals surface area contributed by atoms with E-state index in [1.165, 1.54) is 12.1 Å². The molecule has 2 N–H and O–H groups in total. The summed E-state index contributed by atoms with van der Waals surface area (Å²) in [7, 11) is -1.84. The molecule has 0 aliphatic rings. The van der Waals surface area contributed by atoms with Crippen LogP contribution in [-0.2, 0) is 6.61 Å². The monoisotopic (exact) mass is 280 g/mol. The van der Waals surface area contributed by atoms with Crippen LogP contribution in [0.25, 0.3) is 0 Å². The van der Waals surface area contributed by atoms with E-state index in [4.69, 9.17) is 26.4 Å². The van der Waals surface area contributed by atoms with Gasteiger partial charge in [-0.2, -0.15) is 0 Å². The minimum absolute atomic E-state index is 0.190. The maximum Gasteiger partial charge on any atom is 0.491 e. The standard InChI is InChI=1S/C13H11BClFO3/c15-12-4-2-1-3-9(12)8-19-10-5-6-11(14(17)18)13(16)7-10/h1-7,17-18H,8H2. The Hall–Kier alpha value is -1.56. The van der Waals surface area contributed by atoms with Crippen LogP contribution in [0.5, 0.6) is 5.75 Å². The second-order valence-electron chi connectivity index (χ2n) is 3.94. The summed E-state index contributed by atoms with van der Waals surface area (Å²) >= 11 is 5.97. The molecule has 98 valence electrons. The van der Waals surface area contributed by atoms with Crippen LogP contribution in [0.4, 0.5) is 4.39 Å². The molecule has 2 aromatic rings. The molecule has 0 spiro atoms. The third kappa shape index (κ3) is 3.47. The van der Waals surface area contributed by atoms with Gasteiger partial charge < -0.3 is 14.8 Å². The fraction of sp³-hybridized carbons (Fsp3) is 0.0769. The summed E-state index contributed by atoms with van der Waals surface area (Å²) in [4.78, 5) is 0. The van der Waals surface area contributed by atoms with Gasteiger partial charge in [0, 0.05) is 22.1 Å². The van der Waals surface area contributed by atoms with E-state index >= 15 is 0 Å². The highest BCUT2D eigenvalue weighted by Gasteiger charge is 2.16. The average Bonchev–Trinajstić information content (AvgIpc) is 2.37. The van der Waals surface area contributed by atoms with Crippen LogP contribution in [0.15, 0.2) is 42.5 Å². The van der Waals surface area contributed by atoms with Crippen LogP contribution in [0.1, 0.15) is 5.56 Å². The zero-order valence-electron chi connectivity index (χ0n) is 9.88. The van der Waals surface area contributed by atoms with Crippen molar-refractivity contribution in [1.82, 2.24) is 0 Å². The lowest BCUT2D eigenvalue weighted by molar-refractivity contribution is 0.305. The van der Waals surface area contributed by atoms with Gasteiger partial charge in [-0.25, -0.2) is 4.39 Å². The summed E-state index contributed by atoms with van der Waals surface area (Å²) in [6, 6.07) is 11.0. The molecular formula is C13H11BClFO3. The number of halogens is 2. The second-order valence-corrected chi connectivity index (χ2v) is 4.34. The van der Waals surface area contributed by atoms with Crippen molar-refractivity contribution in [3.8, 4) is 5.75 Å². The molecule has 0 aromatic heterocycles. The second kappa shape index (κ2) is 6.06. The van der Waals surface area contributed by atoms with Crippen LogP contribution < -0.4 is 10.2 Å². The molecule has 2 aromatic carbocycles. The average molecular weight is 280 g/mol. The summed E-state index contributed by atoms with van der Waals surface area (Å²) in [5, 5.41) is 18.4. The molecule has 0 aliphatic carbocycles. The van der Waals surface area contributed by atoms with Crippen LogP contribution in [0.2, 0.25) is 5.02 Å². The quantitative estimate of drug-likeness (QED) is 0.839. The van der Waals surface area contributed by atoms with E-state index in [9.17, 15) is 4.39 Å². The molecule has 0 unspecified atom stereocenters. The van der Waals surface area contributed by atoms with Crippen LogP contribution in [-0.4, -0.2) is 17.2 Å². The summed E-state index contributed by atoms with van der Waals surface area (Å²) in [5.41, 5.74) is 0.598. The largest absolute Gasteiger partial charge is 0.491 e. The molecule has 0 radical (unpaired) electrons. The molecule has 6 heteroatoms. The number of hydrogen-bond acceptors (Lipinski definition) is 3. The van der Waals surface area contributed by atoms with Crippen LogP contribution in [0, 0.1) is 5.82 Å². The summed E-state index contributed by atoms with van der Waals surface area (Å²) in [6.45, 7) is 0.208. The van der Waals surface area contributed by atoms with Gasteiger partial charge in [-0.15, -0.1) is 0 Å². The number of rotatable bonds is 4. The molecule has 19 heavy (non-hydrogen) atoms. The Morgan fingerprint density at radius 2 is 1.89 bits per heavy atom. The third-order valence-corrected chi connectivity index (χ3v) is 2.97. The lowest BCUT2D eigenvalue weighted by atomic mass is 9.80. The molecule has 0 bridgehead atoms. The van der Waals surface area contributed by atoms with Crippen molar-refractivity contribution in [2.45, 2.75) is 6.61 Å². The van der Waals surface area contributed by atoms with E-state index in [2.05, 4.69) is 0 Å². The van der Waals surface area contributed by atoms with Gasteiger partial charge in [-0.05, 0) is 12.1 Å².